The van der Waals surface area contributed by atoms with Crippen molar-refractivity contribution in [1.29, 1.82) is 0 Å². The van der Waals surface area contributed by atoms with Crippen molar-refractivity contribution in [3.63, 3.8) is 0 Å². The first-order valence-corrected chi connectivity index (χ1v) is 7.23. The van der Waals surface area contributed by atoms with Crippen LogP contribution in [0.4, 0.5) is 0 Å². The van der Waals surface area contributed by atoms with E-state index in [-0.39, 0.29) is 0 Å². The Morgan fingerprint density at radius 2 is 2.11 bits per heavy atom. The van der Waals surface area contributed by atoms with Crippen LogP contribution < -0.4 is 10.1 Å². The van der Waals surface area contributed by atoms with Crippen LogP contribution in [0.3, 0.4) is 0 Å². The Kier molecular flexibility index (Phi) is 3.58. The van der Waals surface area contributed by atoms with Gasteiger partial charge in [0.25, 0.3) is 0 Å². The Labute approximate surface area is 121 Å². The molecule has 0 aromatic heterocycles. The van der Waals surface area contributed by atoms with Gasteiger partial charge in [-0.25, -0.2) is 0 Å². The first-order valence-electron chi connectivity index (χ1n) is 6.44. The van der Waals surface area contributed by atoms with Crippen molar-refractivity contribution in [3.8, 4) is 5.75 Å². The topological polar surface area (TPSA) is 21.3 Å². The van der Waals surface area contributed by atoms with Gasteiger partial charge in [0.05, 0.1) is 6.04 Å². The second kappa shape index (κ2) is 5.35. The Bertz CT molecular complexity index is 597. The third kappa shape index (κ3) is 2.67. The fourth-order valence-corrected chi connectivity index (χ4v) is 2.64. The van der Waals surface area contributed by atoms with Gasteiger partial charge in [0.15, 0.2) is 0 Å². The molecule has 98 valence electrons. The van der Waals surface area contributed by atoms with Crippen LogP contribution >= 0.6 is 15.9 Å². The van der Waals surface area contributed by atoms with Gasteiger partial charge in [0, 0.05) is 16.6 Å². The monoisotopic (exact) mass is 317 g/mol. The molecule has 1 unspecified atom stereocenters. The van der Waals surface area contributed by atoms with Crippen molar-refractivity contribution in [1.82, 2.24) is 5.32 Å². The van der Waals surface area contributed by atoms with E-state index >= 15 is 0 Å². The number of aryl methyl sites for hydroxylation is 1. The van der Waals surface area contributed by atoms with Crippen LogP contribution in [-0.4, -0.2) is 6.61 Å². The van der Waals surface area contributed by atoms with Gasteiger partial charge in [-0.05, 0) is 30.2 Å². The second-order valence-electron chi connectivity index (χ2n) is 4.87. The summed E-state index contributed by atoms with van der Waals surface area (Å²) in [5.74, 6) is 1.01. The maximum absolute atomic E-state index is 5.67. The van der Waals surface area contributed by atoms with Gasteiger partial charge in [-0.3, -0.25) is 0 Å². The summed E-state index contributed by atoms with van der Waals surface area (Å²) in [5, 5.41) is 3.56. The molecule has 0 radical (unpaired) electrons. The van der Waals surface area contributed by atoms with E-state index in [0.717, 1.165) is 23.4 Å². The number of halogens is 1. The molecular formula is C16H16BrNO. The normalized spacial score (nSPS) is 17.1. The second-order valence-corrected chi connectivity index (χ2v) is 5.72. The van der Waals surface area contributed by atoms with Crippen molar-refractivity contribution in [2.45, 2.75) is 19.5 Å². The van der Waals surface area contributed by atoms with Gasteiger partial charge >= 0.3 is 0 Å². The highest BCUT2D eigenvalue weighted by Crippen LogP contribution is 2.31. The standard InChI is InChI=1S/C16H16BrNO/c1-11-8-12(6-7-14(11)17)9-18-15-10-19-16-5-3-2-4-13(15)16/h2-8,15,18H,9-10H2,1H3. The van der Waals surface area contributed by atoms with Crippen LogP contribution in [0.15, 0.2) is 46.9 Å². The number of rotatable bonds is 3. The molecule has 1 heterocycles. The molecule has 1 N–H and O–H groups in total. The fraction of sp³-hybridized carbons (Fsp3) is 0.250. The van der Waals surface area contributed by atoms with E-state index in [0.29, 0.717) is 6.04 Å². The van der Waals surface area contributed by atoms with E-state index < -0.39 is 0 Å². The zero-order chi connectivity index (χ0) is 13.2. The zero-order valence-corrected chi connectivity index (χ0v) is 12.4. The lowest BCUT2D eigenvalue weighted by atomic mass is 10.1. The Morgan fingerprint density at radius 3 is 2.95 bits per heavy atom. The lowest BCUT2D eigenvalue weighted by Crippen LogP contribution is -2.22. The third-order valence-corrected chi connectivity index (χ3v) is 4.36. The molecule has 0 saturated heterocycles. The SMILES string of the molecule is Cc1cc(CNC2COc3ccccc32)ccc1Br. The molecule has 1 atom stereocenters. The molecule has 2 aromatic rings. The molecule has 3 heteroatoms. The first kappa shape index (κ1) is 12.7. The highest BCUT2D eigenvalue weighted by molar-refractivity contribution is 9.10. The molecule has 19 heavy (non-hydrogen) atoms. The number of benzene rings is 2. The lowest BCUT2D eigenvalue weighted by molar-refractivity contribution is 0.310. The van der Waals surface area contributed by atoms with E-state index in [1.807, 2.05) is 12.1 Å². The average molecular weight is 318 g/mol. The molecule has 0 bridgehead atoms. The Hall–Kier alpha value is -1.32. The maximum atomic E-state index is 5.67. The largest absolute Gasteiger partial charge is 0.491 e. The van der Waals surface area contributed by atoms with E-state index in [9.17, 15) is 0 Å². The van der Waals surface area contributed by atoms with Crippen molar-refractivity contribution >= 4 is 15.9 Å². The van der Waals surface area contributed by atoms with Crippen molar-refractivity contribution < 1.29 is 4.74 Å². The minimum absolute atomic E-state index is 0.292. The van der Waals surface area contributed by atoms with Gasteiger partial charge in [0.2, 0.25) is 0 Å². The van der Waals surface area contributed by atoms with E-state index in [1.165, 1.54) is 16.7 Å². The van der Waals surface area contributed by atoms with Crippen LogP contribution in [0.2, 0.25) is 0 Å². The summed E-state index contributed by atoms with van der Waals surface area (Å²) in [4.78, 5) is 0. The van der Waals surface area contributed by atoms with Crippen molar-refractivity contribution in [3.05, 3.63) is 63.6 Å². The van der Waals surface area contributed by atoms with Gasteiger partial charge in [-0.1, -0.05) is 46.3 Å². The molecular weight excluding hydrogens is 302 g/mol. The maximum Gasteiger partial charge on any atom is 0.124 e. The molecule has 3 rings (SSSR count). The van der Waals surface area contributed by atoms with Crippen LogP contribution in [0.25, 0.3) is 0 Å². The van der Waals surface area contributed by atoms with Crippen molar-refractivity contribution in [2.75, 3.05) is 6.61 Å². The summed E-state index contributed by atoms with van der Waals surface area (Å²) < 4.78 is 6.83. The smallest absolute Gasteiger partial charge is 0.124 e. The van der Waals surface area contributed by atoms with Crippen LogP contribution in [-0.2, 0) is 6.54 Å². The summed E-state index contributed by atoms with van der Waals surface area (Å²) in [7, 11) is 0. The summed E-state index contributed by atoms with van der Waals surface area (Å²) in [6.07, 6.45) is 0. The minimum Gasteiger partial charge on any atom is -0.491 e. The molecule has 2 nitrogen and oxygen atoms in total. The number of fused-ring (bicyclic) bond motifs is 1. The van der Waals surface area contributed by atoms with Gasteiger partial charge < -0.3 is 10.1 Å². The predicted molar refractivity (Wildman–Crippen MR) is 80.4 cm³/mol. The quantitative estimate of drug-likeness (QED) is 0.924. The molecule has 0 fully saturated rings. The van der Waals surface area contributed by atoms with E-state index in [2.05, 4.69) is 58.5 Å². The molecule has 0 aliphatic carbocycles. The number of hydrogen-bond donors (Lipinski definition) is 1. The average Bonchev–Trinajstić information content (AvgIpc) is 2.83. The highest BCUT2D eigenvalue weighted by Gasteiger charge is 2.22. The summed E-state index contributed by atoms with van der Waals surface area (Å²) in [6, 6.07) is 15.0. The summed E-state index contributed by atoms with van der Waals surface area (Å²) >= 11 is 3.53. The number of hydrogen-bond acceptors (Lipinski definition) is 2. The fourth-order valence-electron chi connectivity index (χ4n) is 2.39. The Balaban J connectivity index is 1.69. The van der Waals surface area contributed by atoms with Crippen LogP contribution in [0.5, 0.6) is 5.75 Å². The van der Waals surface area contributed by atoms with Gasteiger partial charge in [0.1, 0.15) is 12.4 Å². The number of ether oxygens (including phenoxy) is 1. The first-order chi connectivity index (χ1) is 9.24. The van der Waals surface area contributed by atoms with Gasteiger partial charge in [-0.2, -0.15) is 0 Å². The molecule has 0 saturated carbocycles. The summed E-state index contributed by atoms with van der Waals surface area (Å²) in [5.41, 5.74) is 3.82. The molecule has 0 amide bonds. The highest BCUT2D eigenvalue weighted by atomic mass is 79.9. The minimum atomic E-state index is 0.292. The molecule has 1 aliphatic heterocycles. The van der Waals surface area contributed by atoms with E-state index in [4.69, 9.17) is 4.74 Å². The van der Waals surface area contributed by atoms with E-state index in [1.54, 1.807) is 0 Å². The lowest BCUT2D eigenvalue weighted by Gasteiger charge is -2.12. The summed E-state index contributed by atoms with van der Waals surface area (Å²) in [6.45, 7) is 3.69. The zero-order valence-electron chi connectivity index (χ0n) is 10.8. The van der Waals surface area contributed by atoms with Crippen molar-refractivity contribution in [2.24, 2.45) is 0 Å². The van der Waals surface area contributed by atoms with Crippen LogP contribution in [0.1, 0.15) is 22.7 Å². The molecule has 0 spiro atoms. The van der Waals surface area contributed by atoms with Gasteiger partial charge in [-0.15, -0.1) is 0 Å². The Morgan fingerprint density at radius 1 is 1.26 bits per heavy atom. The number of nitrogens with one attached hydrogen (secondary N) is 1. The molecule has 1 aliphatic rings. The predicted octanol–water partition coefficient (Wildman–Crippen LogP) is 3.98. The van der Waals surface area contributed by atoms with Crippen LogP contribution in [0, 0.1) is 6.92 Å². The molecule has 2 aromatic carbocycles. The number of para-hydroxylation sites is 1. The third-order valence-electron chi connectivity index (χ3n) is 3.47.